The molecule has 0 radical (unpaired) electrons. The topological polar surface area (TPSA) is 97.9 Å². The number of hydrogen-bond donors (Lipinski definition) is 3. The van der Waals surface area contributed by atoms with Gasteiger partial charge in [0.15, 0.2) is 11.7 Å². The second-order valence-electron chi connectivity index (χ2n) is 6.76. The lowest BCUT2D eigenvalue weighted by molar-refractivity contribution is -0.123. The number of benzene rings is 3. The first-order valence-electron chi connectivity index (χ1n) is 10.4. The van der Waals surface area contributed by atoms with Gasteiger partial charge in [-0.15, -0.1) is 0 Å². The summed E-state index contributed by atoms with van der Waals surface area (Å²) < 4.78 is 16.5. The molecule has 3 rings (SSSR count). The van der Waals surface area contributed by atoms with Crippen LogP contribution in [0.2, 0.25) is 0 Å². The van der Waals surface area contributed by atoms with Crippen molar-refractivity contribution in [1.82, 2.24) is 16.2 Å². The Labute approximate surface area is 197 Å². The summed E-state index contributed by atoms with van der Waals surface area (Å²) >= 11 is 5.10. The second kappa shape index (κ2) is 12.4. The van der Waals surface area contributed by atoms with Crippen LogP contribution in [0, 0.1) is 0 Å². The Hall–Kier alpha value is -3.69. The number of nitrogens with one attached hydrogen (secondary N) is 3. The monoisotopic (exact) mass is 467 g/mol. The van der Waals surface area contributed by atoms with E-state index in [9.17, 15) is 9.59 Å². The van der Waals surface area contributed by atoms with Crippen LogP contribution >= 0.6 is 12.2 Å². The average Bonchev–Trinajstić information content (AvgIpc) is 2.84. The summed E-state index contributed by atoms with van der Waals surface area (Å²) in [5.41, 5.74) is 5.21. The van der Waals surface area contributed by atoms with Crippen molar-refractivity contribution in [2.45, 2.75) is 6.92 Å². The molecule has 0 unspecified atom stereocenters. The molecule has 0 aliphatic carbocycles. The maximum absolute atomic E-state index is 12.6. The summed E-state index contributed by atoms with van der Waals surface area (Å²) in [6.45, 7) is 2.98. The zero-order chi connectivity index (χ0) is 23.5. The molecular formula is C24H25N3O5S. The van der Waals surface area contributed by atoms with Crippen molar-refractivity contribution in [1.29, 1.82) is 0 Å². The SMILES string of the molecule is CCOCCOc1ccccc1C(=O)NC(=S)NNC(=O)COc1cccc2ccccc12. The number of hydrogen-bond acceptors (Lipinski definition) is 6. The van der Waals surface area contributed by atoms with Gasteiger partial charge in [-0.05, 0) is 42.7 Å². The number of para-hydroxylation sites is 1. The van der Waals surface area contributed by atoms with E-state index < -0.39 is 11.8 Å². The van der Waals surface area contributed by atoms with Crippen LogP contribution in [0.4, 0.5) is 0 Å². The Morgan fingerprint density at radius 2 is 1.58 bits per heavy atom. The molecule has 0 aromatic heterocycles. The van der Waals surface area contributed by atoms with Crippen LogP contribution in [-0.4, -0.2) is 43.4 Å². The smallest absolute Gasteiger partial charge is 0.276 e. The number of ether oxygens (including phenoxy) is 3. The molecule has 2 amide bonds. The summed E-state index contributed by atoms with van der Waals surface area (Å²) in [5.74, 6) is 0.0741. The number of carbonyl (C=O) groups excluding carboxylic acids is 2. The Morgan fingerprint density at radius 3 is 2.42 bits per heavy atom. The van der Waals surface area contributed by atoms with Crippen LogP contribution in [-0.2, 0) is 9.53 Å². The highest BCUT2D eigenvalue weighted by atomic mass is 32.1. The van der Waals surface area contributed by atoms with Gasteiger partial charge in [0, 0.05) is 12.0 Å². The molecule has 0 heterocycles. The highest BCUT2D eigenvalue weighted by Gasteiger charge is 2.14. The van der Waals surface area contributed by atoms with E-state index in [1.54, 1.807) is 30.3 Å². The molecule has 172 valence electrons. The molecule has 0 spiro atoms. The van der Waals surface area contributed by atoms with Crippen LogP contribution < -0.4 is 25.6 Å². The van der Waals surface area contributed by atoms with Crippen LogP contribution in [0.5, 0.6) is 11.5 Å². The van der Waals surface area contributed by atoms with Gasteiger partial charge in [-0.2, -0.15) is 0 Å². The molecular weight excluding hydrogens is 442 g/mol. The predicted octanol–water partition coefficient (Wildman–Crippen LogP) is 2.97. The molecule has 3 aromatic carbocycles. The van der Waals surface area contributed by atoms with Crippen LogP contribution in [0.3, 0.4) is 0 Å². The summed E-state index contributed by atoms with van der Waals surface area (Å²) in [5, 5.41) is 4.36. The van der Waals surface area contributed by atoms with Crippen molar-refractivity contribution in [3.8, 4) is 11.5 Å². The average molecular weight is 468 g/mol. The van der Waals surface area contributed by atoms with Crippen LogP contribution in [0.15, 0.2) is 66.7 Å². The number of hydrazine groups is 1. The fraction of sp³-hybridized carbons (Fsp3) is 0.208. The quantitative estimate of drug-likeness (QED) is 0.253. The maximum atomic E-state index is 12.6. The molecule has 0 aliphatic rings. The Kier molecular flexibility index (Phi) is 8.98. The second-order valence-corrected chi connectivity index (χ2v) is 7.17. The van der Waals surface area contributed by atoms with E-state index in [1.165, 1.54) is 0 Å². The van der Waals surface area contributed by atoms with Gasteiger partial charge in [0.1, 0.15) is 18.1 Å². The van der Waals surface area contributed by atoms with Gasteiger partial charge < -0.3 is 14.2 Å². The minimum atomic E-state index is -0.472. The van der Waals surface area contributed by atoms with Gasteiger partial charge in [0.25, 0.3) is 11.8 Å². The van der Waals surface area contributed by atoms with E-state index in [1.807, 2.05) is 43.3 Å². The molecule has 9 heteroatoms. The zero-order valence-corrected chi connectivity index (χ0v) is 18.9. The summed E-state index contributed by atoms with van der Waals surface area (Å²) in [4.78, 5) is 24.7. The van der Waals surface area contributed by atoms with Crippen molar-refractivity contribution in [2.24, 2.45) is 0 Å². The van der Waals surface area contributed by atoms with Gasteiger partial charge in [-0.3, -0.25) is 25.8 Å². The number of carbonyl (C=O) groups is 2. The molecule has 33 heavy (non-hydrogen) atoms. The van der Waals surface area contributed by atoms with E-state index in [0.717, 1.165) is 10.8 Å². The molecule has 0 fully saturated rings. The Bertz CT molecular complexity index is 1120. The number of rotatable bonds is 9. The van der Waals surface area contributed by atoms with Crippen molar-refractivity contribution < 1.29 is 23.8 Å². The minimum absolute atomic E-state index is 0.0670. The third-order valence-corrected chi connectivity index (χ3v) is 4.68. The van der Waals surface area contributed by atoms with Gasteiger partial charge in [-0.1, -0.05) is 48.5 Å². The molecule has 0 aliphatic heterocycles. The van der Waals surface area contributed by atoms with Crippen molar-refractivity contribution in [3.63, 3.8) is 0 Å². The first kappa shape index (κ1) is 24.0. The van der Waals surface area contributed by atoms with E-state index in [-0.39, 0.29) is 11.7 Å². The number of amides is 2. The predicted molar refractivity (Wildman–Crippen MR) is 129 cm³/mol. The molecule has 3 N–H and O–H groups in total. The molecule has 3 aromatic rings. The molecule has 0 saturated heterocycles. The summed E-state index contributed by atoms with van der Waals surface area (Å²) in [7, 11) is 0. The lowest BCUT2D eigenvalue weighted by atomic mass is 10.1. The van der Waals surface area contributed by atoms with Gasteiger partial charge in [-0.25, -0.2) is 0 Å². The van der Waals surface area contributed by atoms with Crippen molar-refractivity contribution >= 4 is 39.9 Å². The maximum Gasteiger partial charge on any atom is 0.276 e. The molecule has 0 bridgehead atoms. The van der Waals surface area contributed by atoms with Crippen LogP contribution in [0.25, 0.3) is 10.8 Å². The largest absolute Gasteiger partial charge is 0.490 e. The minimum Gasteiger partial charge on any atom is -0.490 e. The highest BCUT2D eigenvalue weighted by Crippen LogP contribution is 2.24. The standard InChI is InChI=1S/C24H25N3O5S/c1-2-30-14-15-31-21-12-6-5-11-19(21)23(29)25-24(33)27-26-22(28)16-32-20-13-7-9-17-8-3-4-10-18(17)20/h3-13H,2,14-16H2,1H3,(H,26,28)(H2,25,27,29,33). The molecule has 0 saturated carbocycles. The third kappa shape index (κ3) is 7.16. The van der Waals surface area contributed by atoms with E-state index in [2.05, 4.69) is 16.2 Å². The zero-order valence-electron chi connectivity index (χ0n) is 18.1. The first-order chi connectivity index (χ1) is 16.1. The van der Waals surface area contributed by atoms with E-state index >= 15 is 0 Å². The number of thiocarbonyl (C=S) groups is 1. The number of fused-ring (bicyclic) bond motifs is 1. The molecule has 8 nitrogen and oxygen atoms in total. The normalized spacial score (nSPS) is 10.3. The lowest BCUT2D eigenvalue weighted by Gasteiger charge is -2.14. The van der Waals surface area contributed by atoms with Crippen molar-refractivity contribution in [3.05, 3.63) is 72.3 Å². The highest BCUT2D eigenvalue weighted by molar-refractivity contribution is 7.80. The van der Waals surface area contributed by atoms with Gasteiger partial charge in [0.05, 0.1) is 12.2 Å². The fourth-order valence-electron chi connectivity index (χ4n) is 2.96. The van der Waals surface area contributed by atoms with E-state index in [0.29, 0.717) is 36.9 Å². The molecule has 0 atom stereocenters. The van der Waals surface area contributed by atoms with Gasteiger partial charge in [0.2, 0.25) is 0 Å². The Morgan fingerprint density at radius 1 is 0.848 bits per heavy atom. The summed E-state index contributed by atoms with van der Waals surface area (Å²) in [6.07, 6.45) is 0. The van der Waals surface area contributed by atoms with Crippen molar-refractivity contribution in [2.75, 3.05) is 26.4 Å². The van der Waals surface area contributed by atoms with Crippen LogP contribution in [0.1, 0.15) is 17.3 Å². The lowest BCUT2D eigenvalue weighted by Crippen LogP contribution is -2.49. The van der Waals surface area contributed by atoms with E-state index in [4.69, 9.17) is 26.4 Å². The third-order valence-electron chi connectivity index (χ3n) is 4.47. The van der Waals surface area contributed by atoms with Gasteiger partial charge >= 0.3 is 0 Å². The Balaban J connectivity index is 1.46. The first-order valence-corrected chi connectivity index (χ1v) is 10.8. The fourth-order valence-corrected chi connectivity index (χ4v) is 3.11. The summed E-state index contributed by atoms with van der Waals surface area (Å²) in [6, 6.07) is 20.1.